The lowest BCUT2D eigenvalue weighted by Crippen LogP contribution is -2.39. The summed E-state index contributed by atoms with van der Waals surface area (Å²) >= 11 is 0. The monoisotopic (exact) mass is 361 g/mol. The van der Waals surface area contributed by atoms with E-state index < -0.39 is 24.5 Å². The van der Waals surface area contributed by atoms with Crippen LogP contribution in [-0.4, -0.2) is 21.5 Å². The Balaban J connectivity index is 2.03. The van der Waals surface area contributed by atoms with Crippen LogP contribution < -0.4 is 4.90 Å². The molecule has 7 heteroatoms. The average molecular weight is 361 g/mol. The van der Waals surface area contributed by atoms with Crippen LogP contribution in [0.15, 0.2) is 54.6 Å². The van der Waals surface area contributed by atoms with E-state index in [0.29, 0.717) is 5.69 Å². The van der Waals surface area contributed by atoms with Gasteiger partial charge in [-0.05, 0) is 38.1 Å². The van der Waals surface area contributed by atoms with E-state index in [9.17, 15) is 18.0 Å². The van der Waals surface area contributed by atoms with Crippen molar-refractivity contribution >= 4 is 22.6 Å². The minimum Gasteiger partial charge on any atom is -0.311 e. The maximum absolute atomic E-state index is 13.4. The number of rotatable bonds is 4. The van der Waals surface area contributed by atoms with Gasteiger partial charge in [-0.1, -0.05) is 30.3 Å². The van der Waals surface area contributed by atoms with E-state index in [1.54, 1.807) is 36.4 Å². The SMILES string of the molecule is CC(C)N(C(=O)Cn1c(C(F)(F)F)nc2ccccc21)c1ccccc1. The first-order valence-electron chi connectivity index (χ1n) is 8.18. The summed E-state index contributed by atoms with van der Waals surface area (Å²) in [4.78, 5) is 18.1. The maximum Gasteiger partial charge on any atom is 0.449 e. The van der Waals surface area contributed by atoms with E-state index in [2.05, 4.69) is 4.98 Å². The molecular formula is C19H18F3N3O. The van der Waals surface area contributed by atoms with Crippen LogP contribution >= 0.6 is 0 Å². The summed E-state index contributed by atoms with van der Waals surface area (Å²) in [6.45, 7) is 3.20. The third-order valence-corrected chi connectivity index (χ3v) is 4.02. The van der Waals surface area contributed by atoms with Gasteiger partial charge in [0.25, 0.3) is 0 Å². The zero-order valence-corrected chi connectivity index (χ0v) is 14.4. The van der Waals surface area contributed by atoms with E-state index in [4.69, 9.17) is 0 Å². The first kappa shape index (κ1) is 18.0. The second-order valence-corrected chi connectivity index (χ2v) is 6.20. The molecule has 1 aromatic heterocycles. The molecule has 0 fully saturated rings. The average Bonchev–Trinajstić information content (AvgIpc) is 2.95. The minimum absolute atomic E-state index is 0.200. The molecule has 0 unspecified atom stereocenters. The molecule has 0 spiro atoms. The van der Waals surface area contributed by atoms with Gasteiger partial charge in [0.2, 0.25) is 11.7 Å². The zero-order chi connectivity index (χ0) is 18.9. The van der Waals surface area contributed by atoms with Crippen LogP contribution in [0.2, 0.25) is 0 Å². The van der Waals surface area contributed by atoms with Gasteiger partial charge in [-0.25, -0.2) is 4.98 Å². The number of halogens is 3. The van der Waals surface area contributed by atoms with E-state index in [-0.39, 0.29) is 17.1 Å². The highest BCUT2D eigenvalue weighted by Crippen LogP contribution is 2.31. The van der Waals surface area contributed by atoms with Crippen molar-refractivity contribution in [3.63, 3.8) is 0 Å². The van der Waals surface area contributed by atoms with Gasteiger partial charge in [0.1, 0.15) is 6.54 Å². The molecule has 136 valence electrons. The van der Waals surface area contributed by atoms with Gasteiger partial charge in [0.15, 0.2) is 0 Å². The largest absolute Gasteiger partial charge is 0.449 e. The molecule has 0 aliphatic rings. The van der Waals surface area contributed by atoms with Gasteiger partial charge in [-0.2, -0.15) is 13.2 Å². The van der Waals surface area contributed by atoms with Gasteiger partial charge in [0.05, 0.1) is 11.0 Å². The van der Waals surface area contributed by atoms with E-state index in [1.807, 2.05) is 19.9 Å². The lowest BCUT2D eigenvalue weighted by Gasteiger charge is -2.27. The van der Waals surface area contributed by atoms with Crippen molar-refractivity contribution in [3.05, 3.63) is 60.4 Å². The van der Waals surface area contributed by atoms with Crippen molar-refractivity contribution in [2.45, 2.75) is 32.6 Å². The van der Waals surface area contributed by atoms with Crippen molar-refractivity contribution < 1.29 is 18.0 Å². The molecule has 3 aromatic rings. The van der Waals surface area contributed by atoms with E-state index >= 15 is 0 Å². The first-order valence-corrected chi connectivity index (χ1v) is 8.18. The number of alkyl halides is 3. The third-order valence-electron chi connectivity index (χ3n) is 4.02. The van der Waals surface area contributed by atoms with Gasteiger partial charge in [-0.15, -0.1) is 0 Å². The number of benzene rings is 2. The summed E-state index contributed by atoms with van der Waals surface area (Å²) in [5.74, 6) is -1.50. The highest BCUT2D eigenvalue weighted by Gasteiger charge is 2.38. The molecule has 0 aliphatic carbocycles. The molecule has 0 atom stereocenters. The van der Waals surface area contributed by atoms with Gasteiger partial charge in [-0.3, -0.25) is 4.79 Å². The Morgan fingerprint density at radius 1 is 1.08 bits per heavy atom. The second-order valence-electron chi connectivity index (χ2n) is 6.20. The van der Waals surface area contributed by atoms with Crippen LogP contribution in [0.4, 0.5) is 18.9 Å². The quantitative estimate of drug-likeness (QED) is 0.686. The van der Waals surface area contributed by atoms with Gasteiger partial charge < -0.3 is 9.47 Å². The standard InChI is InChI=1S/C19H18F3N3O/c1-13(2)25(14-8-4-3-5-9-14)17(26)12-24-16-11-7-6-10-15(16)23-18(24)19(20,21)22/h3-11,13H,12H2,1-2H3. The molecule has 0 N–H and O–H groups in total. The lowest BCUT2D eigenvalue weighted by molar-refractivity contribution is -0.147. The van der Waals surface area contributed by atoms with E-state index in [1.165, 1.54) is 17.0 Å². The number of fused-ring (bicyclic) bond motifs is 1. The maximum atomic E-state index is 13.4. The van der Waals surface area contributed by atoms with Crippen LogP contribution in [0.25, 0.3) is 11.0 Å². The molecule has 4 nitrogen and oxygen atoms in total. The van der Waals surface area contributed by atoms with Crippen LogP contribution in [-0.2, 0) is 17.5 Å². The Morgan fingerprint density at radius 3 is 2.31 bits per heavy atom. The van der Waals surface area contributed by atoms with Crippen molar-refractivity contribution in [2.75, 3.05) is 4.90 Å². The summed E-state index contributed by atoms with van der Waals surface area (Å²) < 4.78 is 41.2. The minimum atomic E-state index is -4.64. The Kier molecular flexibility index (Phi) is 4.71. The number of para-hydroxylation sites is 3. The number of carbonyl (C=O) groups excluding carboxylic acids is 1. The van der Waals surface area contributed by atoms with Crippen molar-refractivity contribution in [3.8, 4) is 0 Å². The normalized spacial score (nSPS) is 11.9. The topological polar surface area (TPSA) is 38.1 Å². The summed E-state index contributed by atoms with van der Waals surface area (Å²) in [6.07, 6.45) is -4.64. The zero-order valence-electron chi connectivity index (χ0n) is 14.4. The van der Waals surface area contributed by atoms with Crippen molar-refractivity contribution in [2.24, 2.45) is 0 Å². The smallest absolute Gasteiger partial charge is 0.311 e. The molecule has 0 saturated heterocycles. The fourth-order valence-corrected chi connectivity index (χ4v) is 2.98. The summed E-state index contributed by atoms with van der Waals surface area (Å²) in [6, 6.07) is 15.0. The van der Waals surface area contributed by atoms with Crippen LogP contribution in [0.1, 0.15) is 19.7 Å². The molecular weight excluding hydrogens is 343 g/mol. The fourth-order valence-electron chi connectivity index (χ4n) is 2.98. The molecule has 0 bridgehead atoms. The highest BCUT2D eigenvalue weighted by molar-refractivity contribution is 5.94. The van der Waals surface area contributed by atoms with Gasteiger partial charge >= 0.3 is 6.18 Å². The number of anilines is 1. The molecule has 1 amide bonds. The van der Waals surface area contributed by atoms with Crippen molar-refractivity contribution in [1.29, 1.82) is 0 Å². The molecule has 2 aromatic carbocycles. The van der Waals surface area contributed by atoms with Gasteiger partial charge in [0, 0.05) is 11.7 Å². The third kappa shape index (κ3) is 3.42. The Hall–Kier alpha value is -2.83. The summed E-state index contributed by atoms with van der Waals surface area (Å²) in [7, 11) is 0. The molecule has 0 saturated carbocycles. The second kappa shape index (κ2) is 6.82. The number of carbonyl (C=O) groups is 1. The number of imidazole rings is 1. The number of aromatic nitrogens is 2. The Morgan fingerprint density at radius 2 is 1.69 bits per heavy atom. The first-order chi connectivity index (χ1) is 12.3. The molecule has 3 rings (SSSR count). The molecule has 26 heavy (non-hydrogen) atoms. The summed E-state index contributed by atoms with van der Waals surface area (Å²) in [5.41, 5.74) is 1.14. The van der Waals surface area contributed by atoms with Crippen LogP contribution in [0, 0.1) is 0 Å². The lowest BCUT2D eigenvalue weighted by atomic mass is 10.2. The number of hydrogen-bond acceptors (Lipinski definition) is 2. The predicted octanol–water partition coefficient (Wildman–Crippen LogP) is 4.50. The van der Waals surface area contributed by atoms with Crippen LogP contribution in [0.5, 0.6) is 0 Å². The van der Waals surface area contributed by atoms with E-state index in [0.717, 1.165) is 4.57 Å². The highest BCUT2D eigenvalue weighted by atomic mass is 19.4. The molecule has 0 radical (unpaired) electrons. The summed E-state index contributed by atoms with van der Waals surface area (Å²) in [5, 5.41) is 0. The number of nitrogens with zero attached hydrogens (tertiary/aromatic N) is 3. The van der Waals surface area contributed by atoms with Crippen LogP contribution in [0.3, 0.4) is 0 Å². The predicted molar refractivity (Wildman–Crippen MR) is 93.8 cm³/mol. The molecule has 0 aliphatic heterocycles. The molecule has 1 heterocycles. The van der Waals surface area contributed by atoms with Crippen molar-refractivity contribution in [1.82, 2.24) is 9.55 Å². The number of hydrogen-bond donors (Lipinski definition) is 0. The Bertz CT molecular complexity index is 917. The Labute approximate surface area is 148 Å². The fraction of sp³-hybridized carbons (Fsp3) is 0.263. The number of amides is 1.